The number of hydrogen-bond donors (Lipinski definition) is 0. The summed E-state index contributed by atoms with van der Waals surface area (Å²) in [6, 6.07) is 11.1. The van der Waals surface area contributed by atoms with E-state index in [2.05, 4.69) is 10.1 Å². The summed E-state index contributed by atoms with van der Waals surface area (Å²) >= 11 is 0. The van der Waals surface area contributed by atoms with E-state index in [0.717, 1.165) is 15.1 Å². The number of fused-ring (bicyclic) bond motifs is 2. The van der Waals surface area contributed by atoms with Crippen LogP contribution < -0.4 is 0 Å². The third kappa shape index (κ3) is 2.88. The summed E-state index contributed by atoms with van der Waals surface area (Å²) < 4.78 is 55.7. The first-order chi connectivity index (χ1) is 16.0. The fourth-order valence-corrected chi connectivity index (χ4v) is 3.61. The van der Waals surface area contributed by atoms with Gasteiger partial charge in [-0.05, 0) is 41.8 Å². The summed E-state index contributed by atoms with van der Waals surface area (Å²) in [5, 5.41) is 4.77. The van der Waals surface area contributed by atoms with Crippen LogP contribution in [0.25, 0.3) is 22.0 Å². The molecular weight excluding hydrogens is 367 g/mol. The van der Waals surface area contributed by atoms with Crippen molar-refractivity contribution in [3.8, 4) is 11.1 Å². The Balaban J connectivity index is 1.51. The maximum absolute atomic E-state index is 15.2. The molecule has 144 valence electrons. The number of pyridine rings is 1. The molecule has 0 fully saturated rings. The Morgan fingerprint density at radius 1 is 1.24 bits per heavy atom. The summed E-state index contributed by atoms with van der Waals surface area (Å²) in [7, 11) is 0. The van der Waals surface area contributed by atoms with Crippen LogP contribution in [0.3, 0.4) is 0 Å². The van der Waals surface area contributed by atoms with Gasteiger partial charge in [-0.25, -0.2) is 4.39 Å². The van der Waals surface area contributed by atoms with E-state index in [1.54, 1.807) is 24.3 Å². The van der Waals surface area contributed by atoms with Crippen LogP contribution in [0.2, 0.25) is 0 Å². The SMILES string of the molecule is [2H]C1([2H])c2ncccc2C(=O)N1Cc1ccc(-c2ccc(C)c3nn(C([2H])([2H])[2H])cc23)cc1F. The molecule has 0 N–H and O–H groups in total. The topological polar surface area (TPSA) is 51.0 Å². The summed E-state index contributed by atoms with van der Waals surface area (Å²) in [6.07, 6.45) is 2.84. The number of aryl methyl sites for hydroxylation is 2. The molecule has 0 spiro atoms. The van der Waals surface area contributed by atoms with Crippen LogP contribution in [0.5, 0.6) is 0 Å². The van der Waals surface area contributed by atoms with Gasteiger partial charge >= 0.3 is 0 Å². The second-order valence-electron chi connectivity index (χ2n) is 6.97. The summed E-state index contributed by atoms with van der Waals surface area (Å²) in [6.45, 7) is -3.05. The molecule has 5 rings (SSSR count). The largest absolute Gasteiger partial charge is 0.328 e. The highest BCUT2D eigenvalue weighted by atomic mass is 19.1. The maximum atomic E-state index is 15.2. The average molecular weight is 391 g/mol. The van der Waals surface area contributed by atoms with Crippen LogP contribution in [-0.2, 0) is 20.0 Å². The lowest BCUT2D eigenvalue weighted by atomic mass is 9.98. The molecule has 29 heavy (non-hydrogen) atoms. The van der Waals surface area contributed by atoms with Crippen LogP contribution in [0.15, 0.2) is 54.9 Å². The summed E-state index contributed by atoms with van der Waals surface area (Å²) in [4.78, 5) is 17.7. The van der Waals surface area contributed by atoms with Crippen molar-refractivity contribution in [2.24, 2.45) is 6.98 Å². The molecule has 0 radical (unpaired) electrons. The fourth-order valence-electron chi connectivity index (χ4n) is 3.61. The van der Waals surface area contributed by atoms with Crippen LogP contribution in [-0.4, -0.2) is 25.6 Å². The second-order valence-corrected chi connectivity index (χ2v) is 6.97. The Morgan fingerprint density at radius 3 is 2.93 bits per heavy atom. The zero-order valence-corrected chi connectivity index (χ0v) is 15.5. The molecule has 2 aromatic carbocycles. The molecule has 0 unspecified atom stereocenters. The normalized spacial score (nSPS) is 18.1. The number of amides is 1. The molecule has 1 aliphatic rings. The monoisotopic (exact) mass is 391 g/mol. The van der Waals surface area contributed by atoms with E-state index in [4.69, 9.17) is 6.85 Å². The second kappa shape index (κ2) is 6.51. The first-order valence-corrected chi connectivity index (χ1v) is 9.04. The highest BCUT2D eigenvalue weighted by Crippen LogP contribution is 2.31. The molecule has 4 aromatic rings. The summed E-state index contributed by atoms with van der Waals surface area (Å²) in [5.74, 6) is -1.16. The van der Waals surface area contributed by atoms with Gasteiger partial charge in [-0.2, -0.15) is 5.10 Å². The van der Waals surface area contributed by atoms with Crippen LogP contribution in [0, 0.1) is 12.7 Å². The number of carbonyl (C=O) groups excluding carboxylic acids is 1. The minimum atomic E-state index is -2.44. The van der Waals surface area contributed by atoms with Gasteiger partial charge in [0.05, 0.1) is 26.0 Å². The lowest BCUT2D eigenvalue weighted by Crippen LogP contribution is -2.23. The molecule has 0 bridgehead atoms. The van der Waals surface area contributed by atoms with Crippen LogP contribution in [0.4, 0.5) is 4.39 Å². The minimum absolute atomic E-state index is 0.0188. The Hall–Kier alpha value is -3.54. The number of carbonyl (C=O) groups is 1. The molecule has 3 heterocycles. The molecular formula is C23H19FN4O. The fraction of sp³-hybridized carbons (Fsp3) is 0.174. The van der Waals surface area contributed by atoms with Crippen LogP contribution >= 0.6 is 0 Å². The lowest BCUT2D eigenvalue weighted by Gasteiger charge is -2.16. The standard InChI is InChI=1S/C23H19FN4O/c1-14-5-8-17(19-12-27(2)26-22(14)19)15-6-7-16(20(24)10-15)11-28-13-21-18(23(28)29)4-3-9-25-21/h3-10,12H,11,13H2,1-2H3/i2D3,13D2. The van der Waals surface area contributed by atoms with E-state index in [-0.39, 0.29) is 23.4 Å². The molecule has 0 atom stereocenters. The van der Waals surface area contributed by atoms with E-state index in [9.17, 15) is 4.79 Å². The maximum Gasteiger partial charge on any atom is 0.256 e. The smallest absolute Gasteiger partial charge is 0.256 e. The first kappa shape index (κ1) is 12.8. The van der Waals surface area contributed by atoms with Crippen molar-refractivity contribution >= 4 is 16.8 Å². The molecule has 0 saturated heterocycles. The molecule has 0 saturated carbocycles. The van der Waals surface area contributed by atoms with E-state index >= 15 is 4.39 Å². The number of halogens is 1. The van der Waals surface area contributed by atoms with Gasteiger partial charge in [-0.1, -0.05) is 24.3 Å². The van der Waals surface area contributed by atoms with Gasteiger partial charge < -0.3 is 4.90 Å². The van der Waals surface area contributed by atoms with E-state index < -0.39 is 25.2 Å². The predicted molar refractivity (Wildman–Crippen MR) is 109 cm³/mol. The van der Waals surface area contributed by atoms with Gasteiger partial charge in [0.15, 0.2) is 0 Å². The van der Waals surface area contributed by atoms with Gasteiger partial charge in [0.1, 0.15) is 5.82 Å². The van der Waals surface area contributed by atoms with Gasteiger partial charge in [0.25, 0.3) is 5.91 Å². The van der Waals surface area contributed by atoms with Crippen molar-refractivity contribution < 1.29 is 16.0 Å². The van der Waals surface area contributed by atoms with Crippen molar-refractivity contribution in [2.75, 3.05) is 0 Å². The molecule has 6 heteroatoms. The van der Waals surface area contributed by atoms with Gasteiger partial charge in [-0.15, -0.1) is 0 Å². The third-order valence-electron chi connectivity index (χ3n) is 5.09. The lowest BCUT2D eigenvalue weighted by molar-refractivity contribution is 0.0765. The highest BCUT2D eigenvalue weighted by Gasteiger charge is 2.28. The Kier molecular flexibility index (Phi) is 2.88. The van der Waals surface area contributed by atoms with Crippen molar-refractivity contribution in [1.82, 2.24) is 19.7 Å². The zero-order valence-electron chi connectivity index (χ0n) is 20.5. The van der Waals surface area contributed by atoms with E-state index in [1.807, 2.05) is 6.92 Å². The molecule has 5 nitrogen and oxygen atoms in total. The Bertz CT molecular complexity index is 1460. The van der Waals surface area contributed by atoms with Crippen molar-refractivity contribution in [1.29, 1.82) is 0 Å². The average Bonchev–Trinajstić information content (AvgIpc) is 3.31. The third-order valence-corrected chi connectivity index (χ3v) is 5.09. The van der Waals surface area contributed by atoms with E-state index in [0.29, 0.717) is 22.0 Å². The minimum Gasteiger partial charge on any atom is -0.328 e. The van der Waals surface area contributed by atoms with Gasteiger partial charge in [-0.3, -0.25) is 14.5 Å². The van der Waals surface area contributed by atoms with Crippen molar-refractivity contribution in [2.45, 2.75) is 20.0 Å². The predicted octanol–water partition coefficient (Wildman–Crippen LogP) is 4.24. The van der Waals surface area contributed by atoms with E-state index in [1.165, 1.54) is 30.6 Å². The number of hydrogen-bond acceptors (Lipinski definition) is 3. The van der Waals surface area contributed by atoms with Crippen LogP contribution in [0.1, 0.15) is 34.0 Å². The first-order valence-electron chi connectivity index (χ1n) is 11.5. The number of rotatable bonds is 3. The molecule has 2 aromatic heterocycles. The van der Waals surface area contributed by atoms with Crippen molar-refractivity contribution in [3.63, 3.8) is 0 Å². The Morgan fingerprint density at radius 2 is 2.14 bits per heavy atom. The van der Waals surface area contributed by atoms with Gasteiger partial charge in [0.2, 0.25) is 0 Å². The van der Waals surface area contributed by atoms with Crippen molar-refractivity contribution in [3.05, 3.63) is 83.1 Å². The highest BCUT2D eigenvalue weighted by molar-refractivity contribution is 5.98. The number of benzene rings is 2. The molecule has 1 aliphatic heterocycles. The zero-order chi connectivity index (χ0) is 24.4. The Labute approximate surface area is 174 Å². The van der Waals surface area contributed by atoms with Gasteiger partial charge in [0, 0.05) is 41.0 Å². The molecule has 0 aliphatic carbocycles. The number of aromatic nitrogens is 3. The number of nitrogens with zero attached hydrogens (tertiary/aromatic N) is 4. The summed E-state index contributed by atoms with van der Waals surface area (Å²) in [5.41, 5.74) is 2.77. The molecule has 1 amide bonds. The quantitative estimate of drug-likeness (QED) is 0.525.